The van der Waals surface area contributed by atoms with Crippen molar-refractivity contribution in [2.24, 2.45) is 0 Å². The van der Waals surface area contributed by atoms with Gasteiger partial charge >= 0.3 is 0 Å². The van der Waals surface area contributed by atoms with Crippen LogP contribution in [0, 0.1) is 0 Å². The molecule has 6 heteroatoms. The Bertz CT molecular complexity index is 870. The first-order chi connectivity index (χ1) is 11.8. The van der Waals surface area contributed by atoms with Crippen molar-refractivity contribution in [3.8, 4) is 11.1 Å². The maximum Gasteiger partial charge on any atom is 0.219 e. The average molecular weight is 374 g/mol. The third kappa shape index (κ3) is 6.72. The van der Waals surface area contributed by atoms with Crippen molar-refractivity contribution in [1.82, 2.24) is 0 Å². The second-order valence-corrected chi connectivity index (χ2v) is 8.11. The molecule has 130 valence electrons. The van der Waals surface area contributed by atoms with Crippen LogP contribution in [0.25, 0.3) is 11.1 Å². The van der Waals surface area contributed by atoms with Gasteiger partial charge in [-0.2, -0.15) is 4.55 Å². The predicted molar refractivity (Wildman–Crippen MR) is 100 cm³/mol. The molecule has 0 radical (unpaired) electrons. The first kappa shape index (κ1) is 19.2. The zero-order chi connectivity index (χ0) is 18.3. The smallest absolute Gasteiger partial charge is 0.219 e. The highest BCUT2D eigenvalue weighted by molar-refractivity contribution is 7.91. The van der Waals surface area contributed by atoms with Crippen LogP contribution in [0.1, 0.15) is 0 Å². The summed E-state index contributed by atoms with van der Waals surface area (Å²) in [7, 11) is -3.92. The molecule has 0 fully saturated rings. The van der Waals surface area contributed by atoms with E-state index in [0.29, 0.717) is 6.26 Å². The van der Waals surface area contributed by atoms with Crippen molar-refractivity contribution in [3.63, 3.8) is 0 Å². The summed E-state index contributed by atoms with van der Waals surface area (Å²) in [5.74, 6) is 0. The van der Waals surface area contributed by atoms with Crippen LogP contribution in [0.4, 0.5) is 0 Å². The Morgan fingerprint density at radius 3 is 1.56 bits per heavy atom. The summed E-state index contributed by atoms with van der Waals surface area (Å²) in [6.07, 6.45) is 0.604. The predicted octanol–water partition coefficient (Wildman–Crippen LogP) is 4.02. The van der Waals surface area contributed by atoms with Crippen molar-refractivity contribution in [2.75, 3.05) is 6.26 Å². The molecule has 0 aliphatic rings. The minimum absolute atomic E-state index is 0.604. The van der Waals surface area contributed by atoms with E-state index < -0.39 is 21.3 Å². The number of benzene rings is 3. The first-order valence-corrected chi connectivity index (χ1v) is 10.4. The van der Waals surface area contributed by atoms with Gasteiger partial charge in [-0.25, -0.2) is 8.42 Å². The van der Waals surface area contributed by atoms with Crippen LogP contribution in [0.3, 0.4) is 0 Å². The molecule has 1 N–H and O–H groups in total. The maximum absolute atomic E-state index is 10.4. The molecule has 0 saturated carbocycles. The Hall–Kier alpha value is -2.12. The maximum atomic E-state index is 10.4. The lowest BCUT2D eigenvalue weighted by Gasteiger charge is -2.02. The van der Waals surface area contributed by atoms with Crippen LogP contribution in [0.15, 0.2) is 94.7 Å². The lowest BCUT2D eigenvalue weighted by atomic mass is 10.1. The molecule has 0 saturated heterocycles. The fourth-order valence-electron chi connectivity index (χ4n) is 2.09. The molecule has 0 aliphatic carbocycles. The van der Waals surface area contributed by atoms with Crippen LogP contribution in [-0.2, 0) is 21.3 Å². The van der Waals surface area contributed by atoms with Crippen LogP contribution in [-0.4, -0.2) is 23.8 Å². The highest BCUT2D eigenvalue weighted by Gasteiger charge is 2.22. The summed E-state index contributed by atoms with van der Waals surface area (Å²) < 4.78 is 37.6. The van der Waals surface area contributed by atoms with Gasteiger partial charge in [-0.15, -0.1) is 0 Å². The normalized spacial score (nSPS) is 12.0. The summed E-state index contributed by atoms with van der Waals surface area (Å²) in [5, 5.41) is 0. The molecule has 0 aliphatic heterocycles. The second-order valence-electron chi connectivity index (χ2n) is 5.19. The summed E-state index contributed by atoms with van der Waals surface area (Å²) in [6, 6.07) is 28.1. The lowest BCUT2D eigenvalue weighted by Crippen LogP contribution is -2.00. The standard InChI is InChI=1S/C18H15OS.CH4O3S/c19-20(17-9-5-2-6-10-17)18-13-11-16(12-14-18)15-7-3-1-4-8-15;1-5(2,3)4/h1-14,19H;1H3,(H,2,3,4)/q+1;/p-1. The Balaban J connectivity index is 0.000000399. The zero-order valence-corrected chi connectivity index (χ0v) is 15.2. The molecule has 0 heterocycles. The van der Waals surface area contributed by atoms with Gasteiger partial charge in [0.2, 0.25) is 11.2 Å². The average Bonchev–Trinajstić information content (AvgIpc) is 2.61. The van der Waals surface area contributed by atoms with E-state index in [1.807, 2.05) is 60.7 Å². The molecule has 25 heavy (non-hydrogen) atoms. The summed E-state index contributed by atoms with van der Waals surface area (Å²) in [6.45, 7) is 0. The third-order valence-electron chi connectivity index (χ3n) is 3.15. The third-order valence-corrected chi connectivity index (χ3v) is 4.59. The summed E-state index contributed by atoms with van der Waals surface area (Å²) in [5.41, 5.74) is 2.36. The second kappa shape index (κ2) is 8.82. The van der Waals surface area contributed by atoms with Crippen LogP contribution < -0.4 is 0 Å². The van der Waals surface area contributed by atoms with Crippen LogP contribution in [0.2, 0.25) is 0 Å². The van der Waals surface area contributed by atoms with Gasteiger partial charge < -0.3 is 4.55 Å². The van der Waals surface area contributed by atoms with Gasteiger partial charge in [0, 0.05) is 6.26 Å². The van der Waals surface area contributed by atoms with Crippen molar-refractivity contribution in [2.45, 2.75) is 9.79 Å². The van der Waals surface area contributed by atoms with Gasteiger partial charge in [0.15, 0.2) is 9.79 Å². The van der Waals surface area contributed by atoms with E-state index in [1.54, 1.807) is 0 Å². The highest BCUT2D eigenvalue weighted by atomic mass is 32.2. The number of hydrogen-bond acceptors (Lipinski definition) is 4. The lowest BCUT2D eigenvalue weighted by molar-refractivity contribution is 0.470. The monoisotopic (exact) mass is 374 g/mol. The SMILES string of the molecule is CS(=O)(=O)[O-].O[S+](c1ccccc1)c1ccc(-c2ccccc2)cc1. The van der Waals surface area contributed by atoms with Crippen molar-refractivity contribution >= 4 is 21.3 Å². The van der Waals surface area contributed by atoms with Gasteiger partial charge in [0.05, 0.1) is 10.1 Å². The molecule has 1 unspecified atom stereocenters. The van der Waals surface area contributed by atoms with E-state index in [1.165, 1.54) is 11.1 Å². The van der Waals surface area contributed by atoms with Crippen molar-refractivity contribution in [3.05, 3.63) is 84.9 Å². The van der Waals surface area contributed by atoms with Crippen LogP contribution in [0.5, 0.6) is 0 Å². The van der Waals surface area contributed by atoms with E-state index in [9.17, 15) is 4.55 Å². The fraction of sp³-hybridized carbons (Fsp3) is 0.0526. The van der Waals surface area contributed by atoms with E-state index in [4.69, 9.17) is 13.0 Å². The van der Waals surface area contributed by atoms with Crippen molar-refractivity contribution in [1.29, 1.82) is 0 Å². The molecule has 0 aromatic heterocycles. The van der Waals surface area contributed by atoms with E-state index in [-0.39, 0.29) is 0 Å². The molecular formula is C19H18O4S2. The van der Waals surface area contributed by atoms with Gasteiger partial charge in [-0.1, -0.05) is 48.5 Å². The Morgan fingerprint density at radius 2 is 1.08 bits per heavy atom. The van der Waals surface area contributed by atoms with Gasteiger partial charge in [0.25, 0.3) is 0 Å². The molecule has 0 spiro atoms. The van der Waals surface area contributed by atoms with E-state index in [2.05, 4.69) is 24.3 Å². The van der Waals surface area contributed by atoms with Crippen molar-refractivity contribution < 1.29 is 17.5 Å². The zero-order valence-electron chi connectivity index (χ0n) is 13.6. The van der Waals surface area contributed by atoms with Gasteiger partial charge in [0.1, 0.15) is 0 Å². The molecule has 3 aromatic carbocycles. The number of hydrogen-bond donors (Lipinski definition) is 1. The van der Waals surface area contributed by atoms with Gasteiger partial charge in [-0.3, -0.25) is 0 Å². The van der Waals surface area contributed by atoms with Gasteiger partial charge in [-0.05, 0) is 47.5 Å². The topological polar surface area (TPSA) is 77.4 Å². The fourth-order valence-corrected chi connectivity index (χ4v) is 3.17. The van der Waals surface area contributed by atoms with E-state index >= 15 is 0 Å². The molecular weight excluding hydrogens is 356 g/mol. The van der Waals surface area contributed by atoms with E-state index in [0.717, 1.165) is 9.79 Å². The molecule has 3 rings (SSSR count). The quantitative estimate of drug-likeness (QED) is 0.555. The Morgan fingerprint density at radius 1 is 0.720 bits per heavy atom. The molecule has 4 nitrogen and oxygen atoms in total. The summed E-state index contributed by atoms with van der Waals surface area (Å²) >= 11 is -0.861. The highest BCUT2D eigenvalue weighted by Crippen LogP contribution is 2.24. The molecule has 1 atom stereocenters. The molecule has 3 aromatic rings. The largest absolute Gasteiger partial charge is 0.748 e. The molecule has 0 amide bonds. The minimum Gasteiger partial charge on any atom is -0.748 e. The minimum atomic E-state index is -3.92. The molecule has 0 bridgehead atoms. The summed E-state index contributed by atoms with van der Waals surface area (Å²) in [4.78, 5) is 1.89. The van der Waals surface area contributed by atoms with Crippen LogP contribution >= 0.6 is 0 Å². The first-order valence-electron chi connectivity index (χ1n) is 7.39. The number of rotatable bonds is 3. The Kier molecular flexibility index (Phi) is 6.78. The Labute approximate surface area is 151 Å².